The first-order valence-corrected chi connectivity index (χ1v) is 9.12. The van der Waals surface area contributed by atoms with Crippen molar-refractivity contribution < 1.29 is 8.42 Å². The lowest BCUT2D eigenvalue weighted by Gasteiger charge is -2.18. The summed E-state index contributed by atoms with van der Waals surface area (Å²) in [6.45, 7) is 4.28. The van der Waals surface area contributed by atoms with Gasteiger partial charge in [-0.05, 0) is 18.4 Å². The Kier molecular flexibility index (Phi) is 4.62. The largest absolute Gasteiger partial charge is 0.254 e. The lowest BCUT2D eigenvalue weighted by atomic mass is 10.4. The Labute approximate surface area is 125 Å². The van der Waals surface area contributed by atoms with Crippen molar-refractivity contribution in [1.29, 1.82) is 0 Å². The topological polar surface area (TPSA) is 50.3 Å². The number of nitrogens with zero attached hydrogens (tertiary/aromatic N) is 2. The molecule has 104 valence electrons. The van der Waals surface area contributed by atoms with E-state index in [9.17, 15) is 8.42 Å². The highest BCUT2D eigenvalue weighted by Crippen LogP contribution is 2.30. The molecule has 0 saturated heterocycles. The van der Waals surface area contributed by atoms with Crippen LogP contribution >= 0.6 is 34.3 Å². The van der Waals surface area contributed by atoms with E-state index < -0.39 is 10.0 Å². The highest BCUT2D eigenvalue weighted by molar-refractivity contribution is 7.91. The zero-order chi connectivity index (χ0) is 14.0. The van der Waals surface area contributed by atoms with E-state index in [1.54, 1.807) is 18.3 Å². The first-order valence-electron chi connectivity index (χ1n) is 5.60. The van der Waals surface area contributed by atoms with Gasteiger partial charge in [0.2, 0.25) is 0 Å². The van der Waals surface area contributed by atoms with E-state index in [0.29, 0.717) is 18.8 Å². The van der Waals surface area contributed by atoms with Crippen LogP contribution in [0.1, 0.15) is 17.5 Å². The molecule has 4 nitrogen and oxygen atoms in total. The third-order valence-corrected chi connectivity index (χ3v) is 7.20. The molecule has 0 atom stereocenters. The number of aryl methyl sites for hydroxylation is 1. The van der Waals surface area contributed by atoms with E-state index in [1.807, 2.05) is 24.4 Å². The van der Waals surface area contributed by atoms with Gasteiger partial charge >= 0.3 is 0 Å². The second-order valence-corrected chi connectivity index (χ2v) is 8.60. The van der Waals surface area contributed by atoms with Crippen LogP contribution in [0.2, 0.25) is 4.47 Å². The SMILES string of the molecule is CCN(Cc1cccs1)S(=O)(=O)c1sc(Cl)nc1C. The van der Waals surface area contributed by atoms with Crippen molar-refractivity contribution in [3.63, 3.8) is 0 Å². The van der Waals surface area contributed by atoms with Gasteiger partial charge in [-0.3, -0.25) is 0 Å². The summed E-state index contributed by atoms with van der Waals surface area (Å²) in [5, 5.41) is 1.94. The fourth-order valence-electron chi connectivity index (χ4n) is 1.65. The van der Waals surface area contributed by atoms with E-state index in [2.05, 4.69) is 4.98 Å². The molecule has 0 N–H and O–H groups in total. The molecule has 2 aromatic heterocycles. The van der Waals surface area contributed by atoms with Crippen molar-refractivity contribution in [3.05, 3.63) is 32.6 Å². The third-order valence-electron chi connectivity index (χ3n) is 2.57. The maximum Gasteiger partial charge on any atom is 0.254 e. The lowest BCUT2D eigenvalue weighted by Crippen LogP contribution is -2.30. The van der Waals surface area contributed by atoms with Crippen LogP contribution in [-0.2, 0) is 16.6 Å². The second kappa shape index (κ2) is 5.88. The van der Waals surface area contributed by atoms with Crippen LogP contribution in [0.5, 0.6) is 0 Å². The van der Waals surface area contributed by atoms with Crippen LogP contribution < -0.4 is 0 Å². The molecule has 2 heterocycles. The van der Waals surface area contributed by atoms with E-state index in [-0.39, 0.29) is 8.68 Å². The molecule has 0 saturated carbocycles. The summed E-state index contributed by atoms with van der Waals surface area (Å²) < 4.78 is 27.1. The molecule has 2 aromatic rings. The number of hydrogen-bond donors (Lipinski definition) is 0. The summed E-state index contributed by atoms with van der Waals surface area (Å²) >= 11 is 8.34. The molecule has 0 aliphatic carbocycles. The van der Waals surface area contributed by atoms with Crippen molar-refractivity contribution >= 4 is 44.3 Å². The highest BCUT2D eigenvalue weighted by atomic mass is 35.5. The molecule has 0 aromatic carbocycles. The van der Waals surface area contributed by atoms with E-state index in [4.69, 9.17) is 11.6 Å². The summed E-state index contributed by atoms with van der Waals surface area (Å²) in [5.41, 5.74) is 0.458. The number of thiophene rings is 1. The van der Waals surface area contributed by atoms with Crippen LogP contribution in [0.3, 0.4) is 0 Å². The van der Waals surface area contributed by atoms with Crippen LogP contribution in [-0.4, -0.2) is 24.3 Å². The van der Waals surface area contributed by atoms with Crippen molar-refractivity contribution in [1.82, 2.24) is 9.29 Å². The van der Waals surface area contributed by atoms with Gasteiger partial charge in [0, 0.05) is 18.0 Å². The molecule has 0 spiro atoms. The first kappa shape index (κ1) is 14.9. The Hall–Kier alpha value is -0.470. The quantitative estimate of drug-likeness (QED) is 0.841. The Bertz CT molecular complexity index is 650. The summed E-state index contributed by atoms with van der Waals surface area (Å²) in [6.07, 6.45) is 0. The van der Waals surface area contributed by atoms with Gasteiger partial charge < -0.3 is 0 Å². The first-order chi connectivity index (χ1) is 8.95. The summed E-state index contributed by atoms with van der Waals surface area (Å²) in [5.74, 6) is 0. The lowest BCUT2D eigenvalue weighted by molar-refractivity contribution is 0.427. The second-order valence-electron chi connectivity index (χ2n) is 3.85. The molecule has 0 bridgehead atoms. The maximum atomic E-state index is 12.6. The van der Waals surface area contributed by atoms with Gasteiger partial charge in [0.25, 0.3) is 10.0 Å². The van der Waals surface area contributed by atoms with Gasteiger partial charge in [-0.15, -0.1) is 11.3 Å². The fourth-order valence-corrected chi connectivity index (χ4v) is 5.75. The van der Waals surface area contributed by atoms with Crippen LogP contribution in [0.25, 0.3) is 0 Å². The Morgan fingerprint density at radius 3 is 2.68 bits per heavy atom. The Morgan fingerprint density at radius 2 is 2.21 bits per heavy atom. The van der Waals surface area contributed by atoms with Gasteiger partial charge in [-0.1, -0.05) is 35.9 Å². The minimum Gasteiger partial charge on any atom is -0.229 e. The Balaban J connectivity index is 2.33. The van der Waals surface area contributed by atoms with Gasteiger partial charge in [0.05, 0.1) is 5.69 Å². The molecule has 0 aliphatic heterocycles. The minimum absolute atomic E-state index is 0.232. The van der Waals surface area contributed by atoms with Crippen molar-refractivity contribution in [2.75, 3.05) is 6.54 Å². The summed E-state index contributed by atoms with van der Waals surface area (Å²) in [6, 6.07) is 3.84. The average Bonchev–Trinajstić information content (AvgIpc) is 2.95. The minimum atomic E-state index is -3.53. The van der Waals surface area contributed by atoms with Gasteiger partial charge in [0.15, 0.2) is 8.68 Å². The van der Waals surface area contributed by atoms with E-state index in [0.717, 1.165) is 16.2 Å². The van der Waals surface area contributed by atoms with Crippen LogP contribution in [0, 0.1) is 6.92 Å². The predicted octanol–water partition coefficient (Wildman–Crippen LogP) is 3.38. The fraction of sp³-hybridized carbons (Fsp3) is 0.364. The molecule has 0 fully saturated rings. The standard InChI is InChI=1S/C11H13ClN2O2S3/c1-3-14(7-9-5-4-6-17-9)19(15,16)10-8(2)13-11(12)18-10/h4-6H,3,7H2,1-2H3. The van der Waals surface area contributed by atoms with Crippen molar-refractivity contribution in [3.8, 4) is 0 Å². The Morgan fingerprint density at radius 1 is 1.47 bits per heavy atom. The van der Waals surface area contributed by atoms with E-state index in [1.165, 1.54) is 4.31 Å². The molecular weight excluding hydrogens is 324 g/mol. The predicted molar refractivity (Wildman–Crippen MR) is 79.4 cm³/mol. The molecule has 0 aliphatic rings. The number of hydrogen-bond acceptors (Lipinski definition) is 5. The van der Waals surface area contributed by atoms with Crippen molar-refractivity contribution in [2.45, 2.75) is 24.6 Å². The zero-order valence-corrected chi connectivity index (χ0v) is 13.7. The molecular formula is C11H13ClN2O2S3. The summed E-state index contributed by atoms with van der Waals surface area (Å²) in [4.78, 5) is 4.98. The third kappa shape index (κ3) is 3.17. The number of halogens is 1. The number of rotatable bonds is 5. The van der Waals surface area contributed by atoms with Crippen LogP contribution in [0.4, 0.5) is 0 Å². The van der Waals surface area contributed by atoms with Gasteiger partial charge in [-0.25, -0.2) is 13.4 Å². The smallest absolute Gasteiger partial charge is 0.229 e. The zero-order valence-electron chi connectivity index (χ0n) is 10.5. The maximum absolute atomic E-state index is 12.6. The summed E-state index contributed by atoms with van der Waals surface area (Å²) in [7, 11) is -3.53. The molecule has 0 unspecified atom stereocenters. The molecule has 19 heavy (non-hydrogen) atoms. The average molecular weight is 337 g/mol. The van der Waals surface area contributed by atoms with Gasteiger partial charge in [-0.2, -0.15) is 4.31 Å². The molecule has 0 radical (unpaired) electrons. The number of aromatic nitrogens is 1. The van der Waals surface area contributed by atoms with Gasteiger partial charge in [0.1, 0.15) is 0 Å². The molecule has 8 heteroatoms. The molecule has 2 rings (SSSR count). The van der Waals surface area contributed by atoms with E-state index >= 15 is 0 Å². The number of thiazole rings is 1. The number of sulfonamides is 1. The monoisotopic (exact) mass is 336 g/mol. The molecule has 0 amide bonds. The normalized spacial score (nSPS) is 12.2. The highest BCUT2D eigenvalue weighted by Gasteiger charge is 2.28. The van der Waals surface area contributed by atoms with Crippen LogP contribution in [0.15, 0.2) is 21.7 Å². The van der Waals surface area contributed by atoms with Crippen molar-refractivity contribution in [2.24, 2.45) is 0 Å².